The van der Waals surface area contributed by atoms with Crippen LogP contribution in [0.25, 0.3) is 34.0 Å². The summed E-state index contributed by atoms with van der Waals surface area (Å²) in [4.78, 5) is 7.77. The molecular formula is C21H18N2O2. The number of hydrogen-bond donors (Lipinski definition) is 1. The minimum atomic E-state index is 0.734. The number of methoxy groups -OCH3 is 2. The maximum absolute atomic E-state index is 5.54. The molecule has 1 N–H and O–H groups in total. The highest BCUT2D eigenvalue weighted by Gasteiger charge is 2.11. The van der Waals surface area contributed by atoms with Gasteiger partial charge in [0.2, 0.25) is 0 Å². The van der Waals surface area contributed by atoms with Crippen molar-refractivity contribution in [3.63, 3.8) is 0 Å². The van der Waals surface area contributed by atoms with Gasteiger partial charge in [-0.25, -0.2) is 0 Å². The van der Waals surface area contributed by atoms with E-state index in [2.05, 4.69) is 34.3 Å². The van der Waals surface area contributed by atoms with Gasteiger partial charge in [0.25, 0.3) is 0 Å². The van der Waals surface area contributed by atoms with Crippen molar-refractivity contribution in [3.05, 3.63) is 66.0 Å². The molecule has 2 aromatic heterocycles. The predicted octanol–water partition coefficient (Wildman–Crippen LogP) is 4.90. The summed E-state index contributed by atoms with van der Waals surface area (Å²) >= 11 is 0. The molecule has 0 spiro atoms. The standard InChI is InChI=1S/C21H18N2O2/c1-24-18-9-10-19(25-2)21-20(18)14(11-12-22-21)7-8-15-13-23-17-6-4-3-5-16(15)17/h3-13,23H,1-2H3/b8-7+. The van der Waals surface area contributed by atoms with Crippen LogP contribution in [0, 0.1) is 0 Å². The average Bonchev–Trinajstić information content (AvgIpc) is 3.08. The minimum Gasteiger partial charge on any atom is -0.496 e. The van der Waals surface area contributed by atoms with Gasteiger partial charge in [0.15, 0.2) is 0 Å². The highest BCUT2D eigenvalue weighted by molar-refractivity contribution is 5.99. The normalized spacial score (nSPS) is 11.4. The van der Waals surface area contributed by atoms with Crippen molar-refractivity contribution in [3.8, 4) is 11.5 Å². The zero-order valence-electron chi connectivity index (χ0n) is 14.1. The van der Waals surface area contributed by atoms with E-state index in [4.69, 9.17) is 9.47 Å². The SMILES string of the molecule is COc1ccc(OC)c2c(/C=C/c3c[nH]c4ccccc34)ccnc12. The molecule has 0 amide bonds. The third kappa shape index (κ3) is 2.62. The van der Waals surface area contributed by atoms with Gasteiger partial charge >= 0.3 is 0 Å². The Morgan fingerprint density at radius 2 is 1.64 bits per heavy atom. The highest BCUT2D eigenvalue weighted by atomic mass is 16.5. The van der Waals surface area contributed by atoms with Crippen LogP contribution in [0.1, 0.15) is 11.1 Å². The maximum Gasteiger partial charge on any atom is 0.145 e. The zero-order chi connectivity index (χ0) is 17.2. The van der Waals surface area contributed by atoms with Gasteiger partial charge in [-0.1, -0.05) is 30.4 Å². The lowest BCUT2D eigenvalue weighted by atomic mass is 10.1. The molecule has 25 heavy (non-hydrogen) atoms. The molecule has 2 aromatic carbocycles. The van der Waals surface area contributed by atoms with E-state index in [0.717, 1.165) is 39.0 Å². The second-order valence-electron chi connectivity index (χ2n) is 5.72. The van der Waals surface area contributed by atoms with Crippen molar-refractivity contribution in [2.45, 2.75) is 0 Å². The maximum atomic E-state index is 5.54. The van der Waals surface area contributed by atoms with Crippen LogP contribution in [-0.4, -0.2) is 24.2 Å². The van der Waals surface area contributed by atoms with E-state index in [-0.39, 0.29) is 0 Å². The monoisotopic (exact) mass is 330 g/mol. The van der Waals surface area contributed by atoms with Gasteiger partial charge < -0.3 is 14.5 Å². The second kappa shape index (κ2) is 6.32. The Bertz CT molecular complexity index is 1080. The first-order valence-electron chi connectivity index (χ1n) is 8.05. The summed E-state index contributed by atoms with van der Waals surface area (Å²) in [5.41, 5.74) is 4.09. The van der Waals surface area contributed by atoms with Crippen LogP contribution in [0.15, 0.2) is 54.9 Å². The van der Waals surface area contributed by atoms with Crippen molar-refractivity contribution < 1.29 is 9.47 Å². The van der Waals surface area contributed by atoms with Crippen molar-refractivity contribution in [1.82, 2.24) is 9.97 Å². The molecule has 0 saturated heterocycles. The van der Waals surface area contributed by atoms with Crippen LogP contribution in [0.4, 0.5) is 0 Å². The summed E-state index contributed by atoms with van der Waals surface area (Å²) in [6.07, 6.45) is 8.00. The van der Waals surface area contributed by atoms with Crippen LogP contribution in [0.2, 0.25) is 0 Å². The van der Waals surface area contributed by atoms with E-state index >= 15 is 0 Å². The van der Waals surface area contributed by atoms with Gasteiger partial charge in [0.1, 0.15) is 17.0 Å². The lowest BCUT2D eigenvalue weighted by molar-refractivity contribution is 0.409. The Morgan fingerprint density at radius 3 is 2.48 bits per heavy atom. The fourth-order valence-electron chi connectivity index (χ4n) is 3.12. The molecule has 0 aliphatic heterocycles. The smallest absolute Gasteiger partial charge is 0.145 e. The topological polar surface area (TPSA) is 47.1 Å². The highest BCUT2D eigenvalue weighted by Crippen LogP contribution is 2.34. The number of aromatic amines is 1. The third-order valence-electron chi connectivity index (χ3n) is 4.35. The number of para-hydroxylation sites is 1. The number of benzene rings is 2. The Morgan fingerprint density at radius 1 is 0.880 bits per heavy atom. The van der Waals surface area contributed by atoms with Crippen LogP contribution < -0.4 is 9.47 Å². The van der Waals surface area contributed by atoms with Gasteiger partial charge in [0, 0.05) is 23.3 Å². The van der Waals surface area contributed by atoms with E-state index in [9.17, 15) is 0 Å². The first kappa shape index (κ1) is 15.3. The minimum absolute atomic E-state index is 0.734. The molecule has 124 valence electrons. The molecule has 0 radical (unpaired) electrons. The molecule has 0 saturated carbocycles. The first-order chi connectivity index (χ1) is 12.3. The lowest BCUT2D eigenvalue weighted by Crippen LogP contribution is -1.93. The molecule has 4 heteroatoms. The number of nitrogens with one attached hydrogen (secondary N) is 1. The number of pyridine rings is 1. The van der Waals surface area contributed by atoms with Gasteiger partial charge in [-0.05, 0) is 35.4 Å². The molecule has 0 unspecified atom stereocenters. The molecule has 4 rings (SSSR count). The fraction of sp³-hybridized carbons (Fsp3) is 0.0952. The van der Waals surface area contributed by atoms with Crippen LogP contribution in [0.3, 0.4) is 0 Å². The summed E-state index contributed by atoms with van der Waals surface area (Å²) in [6.45, 7) is 0. The Hall–Kier alpha value is -3.27. The Kier molecular flexibility index (Phi) is 3.86. The average molecular weight is 330 g/mol. The number of rotatable bonds is 4. The van der Waals surface area contributed by atoms with E-state index in [0.29, 0.717) is 0 Å². The van der Waals surface area contributed by atoms with Crippen LogP contribution in [0.5, 0.6) is 11.5 Å². The molecule has 4 aromatic rings. The number of fused-ring (bicyclic) bond motifs is 2. The molecule has 4 nitrogen and oxygen atoms in total. The number of H-pyrrole nitrogens is 1. The first-order valence-corrected chi connectivity index (χ1v) is 8.05. The van der Waals surface area contributed by atoms with Gasteiger partial charge in [-0.15, -0.1) is 0 Å². The molecular weight excluding hydrogens is 312 g/mol. The summed E-state index contributed by atoms with van der Waals surface area (Å²) in [7, 11) is 3.32. The largest absolute Gasteiger partial charge is 0.496 e. The van der Waals surface area contributed by atoms with Crippen molar-refractivity contribution in [1.29, 1.82) is 0 Å². The Balaban J connectivity index is 1.86. The third-order valence-corrected chi connectivity index (χ3v) is 4.35. The quantitative estimate of drug-likeness (QED) is 0.579. The van der Waals surface area contributed by atoms with Crippen molar-refractivity contribution in [2.75, 3.05) is 14.2 Å². The van der Waals surface area contributed by atoms with E-state index < -0.39 is 0 Å². The van der Waals surface area contributed by atoms with Crippen molar-refractivity contribution >= 4 is 34.0 Å². The summed E-state index contributed by atoms with van der Waals surface area (Å²) in [5.74, 6) is 1.51. The molecule has 0 atom stereocenters. The summed E-state index contributed by atoms with van der Waals surface area (Å²) < 4.78 is 11.0. The van der Waals surface area contributed by atoms with Crippen molar-refractivity contribution in [2.24, 2.45) is 0 Å². The zero-order valence-corrected chi connectivity index (χ0v) is 14.1. The molecule has 0 aliphatic rings. The molecule has 2 heterocycles. The van der Waals surface area contributed by atoms with E-state index in [1.165, 1.54) is 5.39 Å². The molecule has 0 fully saturated rings. The molecule has 0 bridgehead atoms. The molecule has 0 aliphatic carbocycles. The number of aromatic nitrogens is 2. The fourth-order valence-corrected chi connectivity index (χ4v) is 3.12. The lowest BCUT2D eigenvalue weighted by Gasteiger charge is -2.11. The van der Waals surface area contributed by atoms with Crippen LogP contribution in [-0.2, 0) is 0 Å². The summed E-state index contributed by atoms with van der Waals surface area (Å²) in [6, 6.07) is 14.0. The van der Waals surface area contributed by atoms with Crippen LogP contribution >= 0.6 is 0 Å². The Labute approximate surface area is 145 Å². The number of ether oxygens (including phenoxy) is 2. The van der Waals surface area contributed by atoms with Gasteiger partial charge in [-0.3, -0.25) is 4.98 Å². The predicted molar refractivity (Wildman–Crippen MR) is 102 cm³/mol. The van der Waals surface area contributed by atoms with E-state index in [1.807, 2.05) is 36.5 Å². The van der Waals surface area contributed by atoms with Gasteiger partial charge in [-0.2, -0.15) is 0 Å². The number of nitrogens with zero attached hydrogens (tertiary/aromatic N) is 1. The van der Waals surface area contributed by atoms with Gasteiger partial charge in [0.05, 0.1) is 19.6 Å². The number of hydrogen-bond acceptors (Lipinski definition) is 3. The second-order valence-corrected chi connectivity index (χ2v) is 5.72. The van der Waals surface area contributed by atoms with E-state index in [1.54, 1.807) is 20.4 Å². The summed E-state index contributed by atoms with van der Waals surface area (Å²) in [5, 5.41) is 2.14.